The Kier molecular flexibility index (Phi) is 10.1. The number of hydrogen-bond acceptors (Lipinski definition) is 0. The minimum absolute atomic E-state index is 0. The fourth-order valence-corrected chi connectivity index (χ4v) is 9.10. The Bertz CT molecular complexity index is 2140. The van der Waals surface area contributed by atoms with Gasteiger partial charge in [0.25, 0.3) is 0 Å². The first-order chi connectivity index (χ1) is 21.9. The number of allylic oxidation sites excluding steroid dienone is 2. The Balaban J connectivity index is 0.00000225. The summed E-state index contributed by atoms with van der Waals surface area (Å²) in [6, 6.07) is 38.8. The van der Waals surface area contributed by atoms with Gasteiger partial charge in [0.15, 0.2) is 0 Å². The third-order valence-corrected chi connectivity index (χ3v) is 11.2. The molecule has 5 aromatic rings. The van der Waals surface area contributed by atoms with Crippen molar-refractivity contribution in [1.29, 1.82) is 0 Å². The van der Waals surface area contributed by atoms with Gasteiger partial charge in [0.05, 0.1) is 0 Å². The maximum Gasteiger partial charge on any atom is -1.00 e. The zero-order valence-corrected chi connectivity index (χ0v) is 33.2. The largest absolute Gasteiger partial charge is 1.00 e. The van der Waals surface area contributed by atoms with E-state index >= 15 is 0 Å². The van der Waals surface area contributed by atoms with Crippen molar-refractivity contribution in [2.45, 2.75) is 72.1 Å². The van der Waals surface area contributed by atoms with Gasteiger partial charge in [-0.3, -0.25) is 0 Å². The molecule has 7 rings (SSSR count). The van der Waals surface area contributed by atoms with Crippen molar-refractivity contribution in [3.05, 3.63) is 170 Å². The molecule has 0 bridgehead atoms. The standard InChI is InChI=1S/C45H43.2ClH.Zr/c1-28-16-15-21-35-37(24-29(2)40(28)35)42-38-26-32-25-33(44(3,4)5)22-23-34(32)36(38)27-39(43(42)45(6,7)8)41(30-17-11-9-12-18-30)31-19-13-10-14-20-31;;;/h9-25,27,37H,1-8H3;2*1H;/q;;;+2/p-2. The van der Waals surface area contributed by atoms with Crippen molar-refractivity contribution in [2.24, 2.45) is 0 Å². The van der Waals surface area contributed by atoms with Crippen LogP contribution in [0, 0.1) is 6.92 Å². The normalized spacial score (nSPS) is 14.8. The Morgan fingerprint density at radius 1 is 0.625 bits per heavy atom. The molecule has 241 valence electrons. The zero-order valence-electron chi connectivity index (χ0n) is 29.2. The summed E-state index contributed by atoms with van der Waals surface area (Å²) in [5, 5.41) is 2.82. The smallest absolute Gasteiger partial charge is 1.00 e. The molecule has 0 amide bonds. The van der Waals surface area contributed by atoms with E-state index in [1.807, 2.05) is 0 Å². The van der Waals surface area contributed by atoms with Gasteiger partial charge in [0.1, 0.15) is 0 Å². The van der Waals surface area contributed by atoms with Gasteiger partial charge in [-0.25, -0.2) is 0 Å². The number of aryl methyl sites for hydroxylation is 1. The van der Waals surface area contributed by atoms with E-state index in [0.717, 1.165) is 0 Å². The van der Waals surface area contributed by atoms with Crippen LogP contribution in [0.3, 0.4) is 0 Å². The molecule has 0 fully saturated rings. The Morgan fingerprint density at radius 2 is 1.23 bits per heavy atom. The summed E-state index contributed by atoms with van der Waals surface area (Å²) >= 11 is 1.47. The second-order valence-electron chi connectivity index (χ2n) is 15.2. The quantitative estimate of drug-likeness (QED) is 0.262. The molecule has 0 saturated heterocycles. The maximum absolute atomic E-state index is 2.56. The molecule has 0 aromatic heterocycles. The predicted molar refractivity (Wildman–Crippen MR) is 192 cm³/mol. The van der Waals surface area contributed by atoms with Gasteiger partial charge in [-0.2, -0.15) is 0 Å². The average molecular weight is 746 g/mol. The summed E-state index contributed by atoms with van der Waals surface area (Å²) in [5.74, 6) is 0.192. The molecule has 2 aliphatic rings. The average Bonchev–Trinajstić information content (AvgIpc) is 3.51. The molecule has 2 aliphatic carbocycles. The SMILES string of the molecule is CC1=CC(c2c(C(C)(C)C)c(=C(c3ccccc3)c3ccccc3)cc3c2=[C]([Zr+2])c2cc(C(C)(C)C)ccc2-3)c2cccc(C)c21.[Cl-].[Cl-]. The first kappa shape index (κ1) is 36.3. The van der Waals surface area contributed by atoms with Crippen molar-refractivity contribution < 1.29 is 49.5 Å². The summed E-state index contributed by atoms with van der Waals surface area (Å²) in [6.07, 6.45) is 2.56. The van der Waals surface area contributed by atoms with Crippen LogP contribution in [-0.2, 0) is 35.5 Å². The van der Waals surface area contributed by atoms with E-state index in [1.165, 1.54) is 111 Å². The van der Waals surface area contributed by atoms with Crippen molar-refractivity contribution >= 4 is 14.4 Å². The molecular formula is C45H43Cl2Zr. The van der Waals surface area contributed by atoms with E-state index in [-0.39, 0.29) is 41.6 Å². The van der Waals surface area contributed by atoms with Gasteiger partial charge >= 0.3 is 292 Å². The molecule has 3 heteroatoms. The number of benzene rings is 5. The summed E-state index contributed by atoms with van der Waals surface area (Å²) in [7, 11) is 0. The summed E-state index contributed by atoms with van der Waals surface area (Å²) < 4.78 is 1.49. The van der Waals surface area contributed by atoms with Gasteiger partial charge in [0, 0.05) is 0 Å². The van der Waals surface area contributed by atoms with Crippen LogP contribution in [0.2, 0.25) is 0 Å². The minimum Gasteiger partial charge on any atom is -1.00 e. The number of hydrogen-bond donors (Lipinski definition) is 0. The van der Waals surface area contributed by atoms with Crippen LogP contribution >= 0.6 is 0 Å². The summed E-state index contributed by atoms with van der Waals surface area (Å²) in [6.45, 7) is 18.8. The number of halogens is 2. The van der Waals surface area contributed by atoms with Crippen LogP contribution in [0.4, 0.5) is 0 Å². The Hall–Kier alpha value is -2.96. The fraction of sp³-hybridized carbons (Fsp3) is 0.244. The Morgan fingerprint density at radius 3 is 1.79 bits per heavy atom. The van der Waals surface area contributed by atoms with Gasteiger partial charge < -0.3 is 24.8 Å². The van der Waals surface area contributed by atoms with Gasteiger partial charge in [-0.05, 0) is 0 Å². The third-order valence-electron chi connectivity index (χ3n) is 9.97. The molecule has 0 radical (unpaired) electrons. The molecule has 0 aliphatic heterocycles. The first-order valence-electron chi connectivity index (χ1n) is 16.6. The summed E-state index contributed by atoms with van der Waals surface area (Å²) in [5.41, 5.74) is 18.0. The van der Waals surface area contributed by atoms with Crippen LogP contribution < -0.4 is 35.3 Å². The molecule has 0 nitrogen and oxygen atoms in total. The van der Waals surface area contributed by atoms with Gasteiger partial charge in [-0.15, -0.1) is 0 Å². The second kappa shape index (κ2) is 13.4. The predicted octanol–water partition coefficient (Wildman–Crippen LogP) is 4.08. The molecule has 0 N–H and O–H groups in total. The first-order valence-corrected chi connectivity index (χ1v) is 17.8. The van der Waals surface area contributed by atoms with E-state index in [0.29, 0.717) is 0 Å². The van der Waals surface area contributed by atoms with Crippen LogP contribution in [0.5, 0.6) is 0 Å². The van der Waals surface area contributed by atoms with E-state index in [9.17, 15) is 0 Å². The molecule has 0 spiro atoms. The molecule has 0 saturated carbocycles. The monoisotopic (exact) mass is 743 g/mol. The third kappa shape index (κ3) is 6.06. The van der Waals surface area contributed by atoms with Crippen molar-refractivity contribution in [1.82, 2.24) is 0 Å². The molecule has 48 heavy (non-hydrogen) atoms. The van der Waals surface area contributed by atoms with E-state index in [4.69, 9.17) is 0 Å². The van der Waals surface area contributed by atoms with Crippen LogP contribution in [0.15, 0.2) is 109 Å². The van der Waals surface area contributed by atoms with Crippen molar-refractivity contribution in [3.8, 4) is 11.1 Å². The van der Waals surface area contributed by atoms with Crippen molar-refractivity contribution in [3.63, 3.8) is 0 Å². The van der Waals surface area contributed by atoms with Crippen LogP contribution in [0.25, 0.3) is 25.6 Å². The minimum atomic E-state index is -0.107. The van der Waals surface area contributed by atoms with E-state index in [2.05, 4.69) is 165 Å². The van der Waals surface area contributed by atoms with E-state index in [1.54, 1.807) is 0 Å². The van der Waals surface area contributed by atoms with Gasteiger partial charge in [-0.1, -0.05) is 0 Å². The summed E-state index contributed by atoms with van der Waals surface area (Å²) in [4.78, 5) is 0. The fourth-order valence-electron chi connectivity index (χ4n) is 7.93. The van der Waals surface area contributed by atoms with E-state index < -0.39 is 0 Å². The molecule has 1 atom stereocenters. The van der Waals surface area contributed by atoms with Crippen molar-refractivity contribution in [2.75, 3.05) is 0 Å². The molecule has 5 aromatic carbocycles. The molecule has 1 unspecified atom stereocenters. The number of fused-ring (bicyclic) bond motifs is 4. The maximum atomic E-state index is 2.56. The second-order valence-corrected chi connectivity index (χ2v) is 16.5. The zero-order chi connectivity index (χ0) is 32.5. The van der Waals surface area contributed by atoms with Crippen LogP contribution in [-0.4, -0.2) is 0 Å². The van der Waals surface area contributed by atoms with Crippen LogP contribution in [0.1, 0.15) is 104 Å². The molecule has 0 heterocycles. The van der Waals surface area contributed by atoms with Gasteiger partial charge in [0.2, 0.25) is 0 Å². The topological polar surface area (TPSA) is 0 Å². The number of rotatable bonds is 3. The molecular weight excluding hydrogens is 703 g/mol. The Labute approximate surface area is 314 Å².